The number of imide groups is 1. The van der Waals surface area contributed by atoms with Crippen LogP contribution >= 0.6 is 0 Å². The third kappa shape index (κ3) is 3.46. The molecule has 2 aromatic rings. The Bertz CT molecular complexity index is 820. The molecule has 1 aromatic heterocycles. The smallest absolute Gasteiger partial charge is 0.416 e. The third-order valence-corrected chi connectivity index (χ3v) is 3.94. The van der Waals surface area contributed by atoms with Crippen LogP contribution in [0.1, 0.15) is 22.7 Å². The van der Waals surface area contributed by atoms with Crippen molar-refractivity contribution in [3.63, 3.8) is 0 Å². The Morgan fingerprint density at radius 1 is 1.15 bits per heavy atom. The summed E-state index contributed by atoms with van der Waals surface area (Å²) in [6.07, 6.45) is -2.99. The summed E-state index contributed by atoms with van der Waals surface area (Å²) >= 11 is 0. The van der Waals surface area contributed by atoms with Crippen molar-refractivity contribution in [2.45, 2.75) is 18.8 Å². The third-order valence-electron chi connectivity index (χ3n) is 3.94. The molecule has 26 heavy (non-hydrogen) atoms. The summed E-state index contributed by atoms with van der Waals surface area (Å²) in [6.45, 7) is -0.00119. The molecule has 9 heteroatoms. The van der Waals surface area contributed by atoms with Crippen LogP contribution in [0.3, 0.4) is 0 Å². The summed E-state index contributed by atoms with van der Waals surface area (Å²) < 4.78 is 42.8. The van der Waals surface area contributed by atoms with E-state index in [1.807, 2.05) is 0 Å². The molecule has 1 aliphatic rings. The lowest BCUT2D eigenvalue weighted by Crippen LogP contribution is -2.30. The SMILES string of the molecule is COc1ccc(CN2C(=O)NC(c3ccc(C(F)(F)F)cc3)C2=O)cn1. The number of alkyl halides is 3. The van der Waals surface area contributed by atoms with Gasteiger partial charge in [0.2, 0.25) is 5.88 Å². The first-order valence-corrected chi connectivity index (χ1v) is 7.57. The summed E-state index contributed by atoms with van der Waals surface area (Å²) in [5.41, 5.74) is 0.0771. The van der Waals surface area contributed by atoms with E-state index in [-0.39, 0.29) is 12.1 Å². The number of nitrogens with zero attached hydrogens (tertiary/aromatic N) is 2. The number of halogens is 3. The second kappa shape index (κ2) is 6.66. The molecule has 1 unspecified atom stereocenters. The molecule has 3 amide bonds. The zero-order chi connectivity index (χ0) is 18.9. The van der Waals surface area contributed by atoms with Crippen LogP contribution in [0.15, 0.2) is 42.6 Å². The van der Waals surface area contributed by atoms with Crippen LogP contribution in [-0.2, 0) is 17.5 Å². The highest BCUT2D eigenvalue weighted by atomic mass is 19.4. The maximum atomic E-state index is 12.6. The van der Waals surface area contributed by atoms with E-state index in [0.717, 1.165) is 17.0 Å². The standard InChI is InChI=1S/C17H14F3N3O3/c1-26-13-7-2-10(8-21-13)9-23-15(24)14(22-16(23)25)11-3-5-12(6-4-11)17(18,19)20/h2-8,14H,9H2,1H3,(H,22,25). The minimum atomic E-state index is -4.46. The summed E-state index contributed by atoms with van der Waals surface area (Å²) in [6, 6.07) is 5.76. The highest BCUT2D eigenvalue weighted by molar-refractivity contribution is 6.04. The number of nitrogens with one attached hydrogen (secondary N) is 1. The topological polar surface area (TPSA) is 71.5 Å². The van der Waals surface area contributed by atoms with Crippen LogP contribution < -0.4 is 10.1 Å². The largest absolute Gasteiger partial charge is 0.481 e. The van der Waals surface area contributed by atoms with Crippen molar-refractivity contribution in [1.29, 1.82) is 0 Å². The van der Waals surface area contributed by atoms with Gasteiger partial charge in [-0.25, -0.2) is 9.78 Å². The fraction of sp³-hybridized carbons (Fsp3) is 0.235. The van der Waals surface area contributed by atoms with Gasteiger partial charge in [-0.2, -0.15) is 13.2 Å². The minimum Gasteiger partial charge on any atom is -0.481 e. The van der Waals surface area contributed by atoms with E-state index in [4.69, 9.17) is 4.74 Å². The van der Waals surface area contributed by atoms with Crippen LogP contribution in [0.4, 0.5) is 18.0 Å². The van der Waals surface area contributed by atoms with Gasteiger partial charge in [0, 0.05) is 12.3 Å². The van der Waals surface area contributed by atoms with Crippen LogP contribution in [0, 0.1) is 0 Å². The molecule has 136 valence electrons. The van der Waals surface area contributed by atoms with E-state index in [9.17, 15) is 22.8 Å². The van der Waals surface area contributed by atoms with E-state index in [1.165, 1.54) is 25.4 Å². The normalized spacial score (nSPS) is 17.4. The van der Waals surface area contributed by atoms with E-state index < -0.39 is 29.7 Å². The fourth-order valence-corrected chi connectivity index (χ4v) is 2.57. The molecule has 0 bridgehead atoms. The van der Waals surface area contributed by atoms with Crippen LogP contribution in [0.5, 0.6) is 5.88 Å². The number of aromatic nitrogens is 1. The molecule has 1 saturated heterocycles. The molecule has 0 radical (unpaired) electrons. The number of benzene rings is 1. The fourth-order valence-electron chi connectivity index (χ4n) is 2.57. The van der Waals surface area contributed by atoms with Crippen LogP contribution in [0.2, 0.25) is 0 Å². The van der Waals surface area contributed by atoms with E-state index in [2.05, 4.69) is 10.3 Å². The number of hydrogen-bond donors (Lipinski definition) is 1. The van der Waals surface area contributed by atoms with Gasteiger partial charge in [0.15, 0.2) is 0 Å². The molecular formula is C17H14F3N3O3. The van der Waals surface area contributed by atoms with Gasteiger partial charge < -0.3 is 10.1 Å². The number of rotatable bonds is 4. The molecule has 1 atom stereocenters. The highest BCUT2D eigenvalue weighted by Crippen LogP contribution is 2.31. The number of methoxy groups -OCH3 is 1. The van der Waals surface area contributed by atoms with Crippen molar-refractivity contribution in [3.8, 4) is 5.88 Å². The van der Waals surface area contributed by atoms with Gasteiger partial charge >= 0.3 is 12.2 Å². The summed E-state index contributed by atoms with van der Waals surface area (Å²) in [7, 11) is 1.47. The van der Waals surface area contributed by atoms with Gasteiger partial charge in [-0.3, -0.25) is 9.69 Å². The zero-order valence-electron chi connectivity index (χ0n) is 13.6. The number of carbonyl (C=O) groups excluding carboxylic acids is 2. The van der Waals surface area contributed by atoms with Crippen molar-refractivity contribution in [1.82, 2.24) is 15.2 Å². The summed E-state index contributed by atoms with van der Waals surface area (Å²) in [5, 5.41) is 2.48. The van der Waals surface area contributed by atoms with Crippen molar-refractivity contribution in [3.05, 3.63) is 59.3 Å². The zero-order valence-corrected chi connectivity index (χ0v) is 13.6. The molecule has 1 N–H and O–H groups in total. The second-order valence-electron chi connectivity index (χ2n) is 5.64. The molecule has 0 aliphatic carbocycles. The number of ether oxygens (including phenoxy) is 1. The van der Waals surface area contributed by atoms with E-state index in [1.54, 1.807) is 12.1 Å². The van der Waals surface area contributed by atoms with Gasteiger partial charge in [0.05, 0.1) is 19.2 Å². The maximum Gasteiger partial charge on any atom is 0.416 e. The maximum absolute atomic E-state index is 12.6. The van der Waals surface area contributed by atoms with Crippen molar-refractivity contribution < 1.29 is 27.5 Å². The summed E-state index contributed by atoms with van der Waals surface area (Å²) in [5.74, 6) is -0.140. The molecule has 1 fully saturated rings. The van der Waals surface area contributed by atoms with Gasteiger partial charge in [-0.05, 0) is 23.3 Å². The molecule has 1 aliphatic heterocycles. The van der Waals surface area contributed by atoms with Gasteiger partial charge in [0.25, 0.3) is 5.91 Å². The van der Waals surface area contributed by atoms with Crippen LogP contribution in [0.25, 0.3) is 0 Å². The van der Waals surface area contributed by atoms with Crippen molar-refractivity contribution in [2.24, 2.45) is 0 Å². The highest BCUT2D eigenvalue weighted by Gasteiger charge is 2.39. The van der Waals surface area contributed by atoms with Gasteiger partial charge in [0.1, 0.15) is 6.04 Å². The lowest BCUT2D eigenvalue weighted by atomic mass is 10.0. The Labute approximate surface area is 146 Å². The Kier molecular flexibility index (Phi) is 4.54. The number of carbonyl (C=O) groups is 2. The molecule has 6 nitrogen and oxygen atoms in total. The predicted octanol–water partition coefficient (Wildman–Crippen LogP) is 2.90. The van der Waals surface area contributed by atoms with Crippen molar-refractivity contribution in [2.75, 3.05) is 7.11 Å². The lowest BCUT2D eigenvalue weighted by Gasteiger charge is -2.13. The van der Waals surface area contributed by atoms with E-state index >= 15 is 0 Å². The molecular weight excluding hydrogens is 351 g/mol. The molecule has 3 rings (SSSR count). The minimum absolute atomic E-state index is 0.00119. The molecule has 0 spiro atoms. The van der Waals surface area contributed by atoms with E-state index in [0.29, 0.717) is 11.4 Å². The predicted molar refractivity (Wildman–Crippen MR) is 84.1 cm³/mol. The Hall–Kier alpha value is -3.10. The Morgan fingerprint density at radius 2 is 1.85 bits per heavy atom. The lowest BCUT2D eigenvalue weighted by molar-refractivity contribution is -0.137. The van der Waals surface area contributed by atoms with Crippen molar-refractivity contribution >= 4 is 11.9 Å². The van der Waals surface area contributed by atoms with Gasteiger partial charge in [-0.1, -0.05) is 18.2 Å². The van der Waals surface area contributed by atoms with Crippen LogP contribution in [-0.4, -0.2) is 28.9 Å². The number of urea groups is 1. The quantitative estimate of drug-likeness (QED) is 0.846. The number of pyridine rings is 1. The first kappa shape index (κ1) is 17.7. The Morgan fingerprint density at radius 3 is 2.38 bits per heavy atom. The average molecular weight is 365 g/mol. The Balaban J connectivity index is 1.75. The molecule has 0 saturated carbocycles. The first-order valence-electron chi connectivity index (χ1n) is 7.57. The number of hydrogen-bond acceptors (Lipinski definition) is 4. The average Bonchev–Trinajstić information content (AvgIpc) is 2.90. The molecule has 1 aromatic carbocycles. The monoisotopic (exact) mass is 365 g/mol. The van der Waals surface area contributed by atoms with Gasteiger partial charge in [-0.15, -0.1) is 0 Å². The number of amides is 3. The molecule has 2 heterocycles. The first-order chi connectivity index (χ1) is 12.3. The summed E-state index contributed by atoms with van der Waals surface area (Å²) in [4.78, 5) is 29.6. The second-order valence-corrected chi connectivity index (χ2v) is 5.64.